The Balaban J connectivity index is 4.05. The van der Waals surface area contributed by atoms with E-state index in [-0.39, 0.29) is 0 Å². The molecule has 0 aliphatic heterocycles. The SMILES string of the molecule is [B]B=BB=BB=BB=BB=BB=BB=BB=BB=BB=BB=BB=BB=BB=BB=BB=BB=BB=BB=BB=BB=BB=BB=BB=BB=BOCC. The van der Waals surface area contributed by atoms with Crippen LogP contribution in [0.2, 0.25) is 0 Å². The fourth-order valence-electron chi connectivity index (χ4n) is 3.21. The van der Waals surface area contributed by atoms with Crippen molar-refractivity contribution in [2.24, 2.45) is 0 Å². The second-order valence-corrected chi connectivity index (χ2v) is 10.0. The van der Waals surface area contributed by atoms with Crippen molar-refractivity contribution in [2.75, 3.05) is 6.61 Å². The van der Waals surface area contributed by atoms with Crippen LogP contribution in [0.5, 0.6) is 0 Å². The zero-order valence-corrected chi connectivity index (χ0v) is 31.6. The summed E-state index contributed by atoms with van der Waals surface area (Å²) < 4.78 is 5.10. The van der Waals surface area contributed by atoms with Crippen molar-refractivity contribution in [2.45, 2.75) is 6.92 Å². The molecule has 2 radical (unpaired) electrons. The molecule has 0 aromatic rings. The normalized spacial score (nSPS) is 7.87. The molecule has 0 aromatic heterocycles. The van der Waals surface area contributed by atoms with Crippen LogP contribution in [-0.4, -0.2) is 349 Å². The molecule has 172 valence electrons. The Morgan fingerprint density at radius 3 is 0.481 bits per heavy atom. The van der Waals surface area contributed by atoms with E-state index < -0.39 is 0 Å². The summed E-state index contributed by atoms with van der Waals surface area (Å²) in [4.78, 5) is 0. The Kier molecular flexibility index (Phi) is 59.3. The molecule has 0 rings (SSSR count). The third kappa shape index (κ3) is 55.1. The van der Waals surface area contributed by atoms with Gasteiger partial charge in [0.2, 0.25) is 0 Å². The third-order valence-electron chi connectivity index (χ3n) is 5.67. The second-order valence-electron chi connectivity index (χ2n) is 10.0. The molecule has 0 fully saturated rings. The fraction of sp³-hybridized carbons (Fsp3) is 1.00. The first kappa shape index (κ1) is 57.1. The van der Waals surface area contributed by atoms with Crippen LogP contribution in [0, 0.1) is 0 Å². The van der Waals surface area contributed by atoms with Gasteiger partial charge in [-0.2, -0.15) is 0 Å². The number of hydrogen-bond acceptors (Lipinski definition) is 1. The molecule has 0 aliphatic rings. The van der Waals surface area contributed by atoms with Crippen LogP contribution < -0.4 is 0 Å². The molecule has 0 heterocycles. The molecule has 0 unspecified atom stereocenters. The predicted molar refractivity (Wildman–Crippen MR) is 305 cm³/mol. The molecule has 1 nitrogen and oxygen atoms in total. The number of hydrogen-bond donors (Lipinski definition) is 0. The molecule has 0 spiro atoms. The predicted octanol–water partition coefficient (Wildman–Crippen LogP) is -18.9. The van der Waals surface area contributed by atoms with E-state index in [2.05, 4.69) is 0 Å². The molecule has 54 heavy (non-hydrogen) atoms. The van der Waals surface area contributed by atoms with Gasteiger partial charge in [-0.3, -0.25) is 0 Å². The first-order valence-corrected chi connectivity index (χ1v) is 17.9. The molecule has 0 aromatic carbocycles. The van der Waals surface area contributed by atoms with Crippen LogP contribution in [0.25, 0.3) is 0 Å². The summed E-state index contributed by atoms with van der Waals surface area (Å²) in [7, 11) is 6.93. The van der Waals surface area contributed by atoms with Crippen molar-refractivity contribution in [3.8, 4) is 0 Å². The molecule has 0 saturated heterocycles. The van der Waals surface area contributed by atoms with Gasteiger partial charge in [0.05, 0.1) is 0 Å². The Bertz CT molecular complexity index is 1690. The second kappa shape index (κ2) is 56.1. The molecule has 0 aliphatic carbocycles. The van der Waals surface area contributed by atoms with E-state index in [0.717, 1.165) is 0 Å². The summed E-state index contributed by atoms with van der Waals surface area (Å²) in [6, 6.07) is 0. The summed E-state index contributed by atoms with van der Waals surface area (Å²) in [6.07, 6.45) is 0. The van der Waals surface area contributed by atoms with Crippen LogP contribution >= 0.6 is 0 Å². The standard InChI is InChI=1S/C2H5B51O/c1-2-54-53-52-51-50-49-48-47-46-45-44-43-42-41-40-39-38-37-36-35-34-33-32-31-30-29-28-27-26-25-24-23-22-21-20-19-18-17-16-15-14-13-12-11-10-9-8-7-6-5-4-3/h2H2,1H3. The average Bonchev–Trinajstić information content (AvgIpc) is 3.18. The molecular formula is C2H5B51O. The van der Waals surface area contributed by atoms with Crippen LogP contribution in [0.3, 0.4) is 0 Å². The quantitative estimate of drug-likeness (QED) is 0.0903. The van der Waals surface area contributed by atoms with Gasteiger partial charge in [-0.05, 0) is 0 Å². The van der Waals surface area contributed by atoms with Gasteiger partial charge in [0.1, 0.15) is 0 Å². The minimum atomic E-state index is 0.686. The van der Waals surface area contributed by atoms with Crippen molar-refractivity contribution in [3.63, 3.8) is 0 Å². The molecule has 0 saturated carbocycles. The van der Waals surface area contributed by atoms with Gasteiger partial charge in [0.15, 0.2) is 0 Å². The van der Waals surface area contributed by atoms with Gasteiger partial charge in [-0.1, -0.05) is 0 Å². The maximum absolute atomic E-state index is 5.25. The van der Waals surface area contributed by atoms with Crippen molar-refractivity contribution >= 4 is 343 Å². The molecular weight excluding hydrogens is 591 g/mol. The van der Waals surface area contributed by atoms with Gasteiger partial charge in [-0.15, -0.1) is 0 Å². The molecule has 0 atom stereocenters. The summed E-state index contributed by atoms with van der Waals surface area (Å²) in [6.45, 7) is 99.0. The van der Waals surface area contributed by atoms with E-state index in [1.54, 1.807) is 13.7 Å². The zero-order chi connectivity index (χ0) is 38.8. The maximum atomic E-state index is 5.25. The Hall–Kier alpha value is 3.11. The van der Waals surface area contributed by atoms with E-state index in [0.29, 0.717) is 6.61 Å². The van der Waals surface area contributed by atoms with Crippen LogP contribution in [0.15, 0.2) is 0 Å². The Morgan fingerprint density at radius 1 is 0.222 bits per heavy atom. The molecule has 0 N–H and O–H groups in total. The Labute approximate surface area is 357 Å². The average molecular weight is 596 g/mol. The topological polar surface area (TPSA) is 9.23 Å². The zero-order valence-electron chi connectivity index (χ0n) is 31.6. The van der Waals surface area contributed by atoms with Crippen LogP contribution in [-0.2, 0) is 4.65 Å². The van der Waals surface area contributed by atoms with E-state index in [1.807, 2.05) is 321 Å². The van der Waals surface area contributed by atoms with E-state index in [4.69, 9.17) is 12.4 Å². The van der Waals surface area contributed by atoms with E-state index in [9.17, 15) is 0 Å². The summed E-state index contributed by atoms with van der Waals surface area (Å²) >= 11 is 0. The van der Waals surface area contributed by atoms with Crippen LogP contribution in [0.4, 0.5) is 0 Å². The van der Waals surface area contributed by atoms with Gasteiger partial charge >= 0.3 is 361 Å². The van der Waals surface area contributed by atoms with Crippen molar-refractivity contribution in [1.29, 1.82) is 0 Å². The molecule has 52 heteroatoms. The fourth-order valence-corrected chi connectivity index (χ4v) is 3.21. The van der Waals surface area contributed by atoms with Crippen molar-refractivity contribution in [3.05, 3.63) is 0 Å². The Morgan fingerprint density at radius 2 is 0.352 bits per heavy atom. The van der Waals surface area contributed by atoms with Crippen molar-refractivity contribution in [1.82, 2.24) is 0 Å². The van der Waals surface area contributed by atoms with Gasteiger partial charge < -0.3 is 0 Å². The van der Waals surface area contributed by atoms with Gasteiger partial charge in [0.25, 0.3) is 0 Å². The van der Waals surface area contributed by atoms with Crippen LogP contribution in [0.1, 0.15) is 6.92 Å². The third-order valence-corrected chi connectivity index (χ3v) is 5.67. The summed E-state index contributed by atoms with van der Waals surface area (Å²) in [5.74, 6) is 0. The first-order valence-electron chi connectivity index (χ1n) is 17.9. The minimum absolute atomic E-state index is 0.686. The monoisotopic (exact) mass is 607 g/mol. The summed E-state index contributed by atoms with van der Waals surface area (Å²) in [5, 5.41) is 0. The first-order chi connectivity index (χ1) is 26.9. The van der Waals surface area contributed by atoms with Crippen molar-refractivity contribution < 1.29 is 4.65 Å². The van der Waals surface area contributed by atoms with E-state index >= 15 is 0 Å². The summed E-state index contributed by atoms with van der Waals surface area (Å²) in [5.41, 5.74) is 0. The van der Waals surface area contributed by atoms with Gasteiger partial charge in [-0.25, -0.2) is 0 Å². The number of rotatable bonds is 26. The van der Waals surface area contributed by atoms with Gasteiger partial charge in [0, 0.05) is 0 Å². The molecule has 0 bridgehead atoms. The molecule has 0 amide bonds. The van der Waals surface area contributed by atoms with E-state index in [1.165, 1.54) is 6.69 Å².